The van der Waals surface area contributed by atoms with Gasteiger partial charge in [-0.05, 0) is 89.2 Å². The number of anilines is 1. The third-order valence-electron chi connectivity index (χ3n) is 9.71. The number of rotatable bonds is 14. The summed E-state index contributed by atoms with van der Waals surface area (Å²) < 4.78 is 62.1. The number of likely N-dealkylation sites (tertiary alicyclic amines) is 1. The summed E-state index contributed by atoms with van der Waals surface area (Å²) in [4.78, 5) is 9.15. The molecule has 53 heavy (non-hydrogen) atoms. The molecule has 1 saturated heterocycles. The molecular formula is C42H45F2N3O6. The fraction of sp³-hybridized carbons (Fsp3) is 0.310. The van der Waals surface area contributed by atoms with Crippen LogP contribution in [-0.2, 0) is 13.1 Å². The maximum Gasteiger partial charge on any atom is 0.203 e. The number of hydrogen-bond donors (Lipinski definition) is 0. The molecule has 1 fully saturated rings. The molecule has 0 spiro atoms. The molecule has 0 unspecified atom stereocenters. The molecule has 6 rings (SSSR count). The third-order valence-corrected chi connectivity index (χ3v) is 9.71. The lowest BCUT2D eigenvalue weighted by Crippen LogP contribution is -2.44. The first kappa shape index (κ1) is 37.2. The van der Waals surface area contributed by atoms with E-state index in [0.29, 0.717) is 46.7 Å². The van der Waals surface area contributed by atoms with Gasteiger partial charge in [0.15, 0.2) is 34.6 Å². The highest BCUT2D eigenvalue weighted by Gasteiger charge is 2.27. The van der Waals surface area contributed by atoms with Crippen LogP contribution in [0.25, 0.3) is 22.3 Å². The average Bonchev–Trinajstić information content (AvgIpc) is 3.20. The van der Waals surface area contributed by atoms with Crippen molar-refractivity contribution in [3.63, 3.8) is 0 Å². The molecule has 2 heterocycles. The van der Waals surface area contributed by atoms with Crippen molar-refractivity contribution in [2.24, 2.45) is 0 Å². The molecule has 278 valence electrons. The van der Waals surface area contributed by atoms with Crippen molar-refractivity contribution in [1.29, 1.82) is 0 Å². The Morgan fingerprint density at radius 2 is 1.17 bits per heavy atom. The Morgan fingerprint density at radius 1 is 0.604 bits per heavy atom. The lowest BCUT2D eigenvalue weighted by atomic mass is 9.98. The number of benzene rings is 4. The number of pyridine rings is 1. The number of halogens is 2. The molecule has 1 aliphatic rings. The van der Waals surface area contributed by atoms with Crippen molar-refractivity contribution in [2.75, 3.05) is 60.6 Å². The van der Waals surface area contributed by atoms with E-state index in [1.807, 2.05) is 48.8 Å². The van der Waals surface area contributed by atoms with E-state index in [0.717, 1.165) is 65.9 Å². The summed E-state index contributed by atoms with van der Waals surface area (Å²) in [5.74, 6) is 1.60. The second-order valence-corrected chi connectivity index (χ2v) is 12.8. The Morgan fingerprint density at radius 3 is 1.72 bits per heavy atom. The van der Waals surface area contributed by atoms with Crippen LogP contribution in [-0.4, -0.2) is 71.7 Å². The lowest BCUT2D eigenvalue weighted by molar-refractivity contribution is 0.200. The van der Waals surface area contributed by atoms with Crippen LogP contribution < -0.4 is 33.3 Å². The molecule has 4 aromatic carbocycles. The summed E-state index contributed by atoms with van der Waals surface area (Å²) in [6, 6.07) is 22.2. The standard InChI is InChI=1S/C42H45F2N3O6/c1-48-37-18-30(19-38(49-2)41(37)52-5)29-9-7-8-27(16-29)26-47(34-10-11-35(43)36(44)22-34)33-12-14-46(15-13-33)25-28-17-32(24-45-23-28)31-20-39(50-3)42(53-6)40(21-31)51-4/h7-11,16-24,33H,12-15,25-26H2,1-6H3. The van der Waals surface area contributed by atoms with E-state index in [2.05, 4.69) is 33.0 Å². The maximum absolute atomic E-state index is 14.6. The van der Waals surface area contributed by atoms with Crippen molar-refractivity contribution in [3.05, 3.63) is 108 Å². The van der Waals surface area contributed by atoms with E-state index < -0.39 is 11.6 Å². The Bertz CT molecular complexity index is 1980. The predicted octanol–water partition coefficient (Wildman–Crippen LogP) is 8.42. The number of methoxy groups -OCH3 is 6. The highest BCUT2D eigenvalue weighted by molar-refractivity contribution is 5.72. The van der Waals surface area contributed by atoms with Gasteiger partial charge in [-0.3, -0.25) is 9.88 Å². The Balaban J connectivity index is 1.20. The number of aromatic nitrogens is 1. The van der Waals surface area contributed by atoms with Gasteiger partial charge in [-0.1, -0.05) is 18.2 Å². The van der Waals surface area contributed by atoms with Gasteiger partial charge in [0.05, 0.1) is 42.7 Å². The van der Waals surface area contributed by atoms with Gasteiger partial charge in [0, 0.05) is 61.9 Å². The summed E-state index contributed by atoms with van der Waals surface area (Å²) in [6.45, 7) is 2.88. The SMILES string of the molecule is COc1cc(-c2cncc(CN3CCC(N(Cc4cccc(-c5cc(OC)c(OC)c(OC)c5)c4)c4ccc(F)c(F)c4)CC3)c2)cc(OC)c1OC. The summed E-state index contributed by atoms with van der Waals surface area (Å²) >= 11 is 0. The minimum atomic E-state index is -0.865. The maximum atomic E-state index is 14.6. The minimum Gasteiger partial charge on any atom is -0.493 e. The van der Waals surface area contributed by atoms with Gasteiger partial charge in [-0.25, -0.2) is 8.78 Å². The van der Waals surface area contributed by atoms with Gasteiger partial charge in [-0.15, -0.1) is 0 Å². The van der Waals surface area contributed by atoms with Crippen molar-refractivity contribution < 1.29 is 37.2 Å². The van der Waals surface area contributed by atoms with Gasteiger partial charge in [0.25, 0.3) is 0 Å². The van der Waals surface area contributed by atoms with E-state index >= 15 is 0 Å². The molecule has 9 nitrogen and oxygen atoms in total. The monoisotopic (exact) mass is 725 g/mol. The number of nitrogens with zero attached hydrogens (tertiary/aromatic N) is 3. The highest BCUT2D eigenvalue weighted by atomic mass is 19.2. The Hall–Kier alpha value is -5.55. The molecule has 1 aliphatic heterocycles. The first-order valence-corrected chi connectivity index (χ1v) is 17.4. The molecular weight excluding hydrogens is 680 g/mol. The molecule has 0 bridgehead atoms. The van der Waals surface area contributed by atoms with E-state index in [1.54, 1.807) is 48.7 Å². The van der Waals surface area contributed by atoms with Gasteiger partial charge in [-0.2, -0.15) is 0 Å². The summed E-state index contributed by atoms with van der Waals surface area (Å²) in [5, 5.41) is 0. The predicted molar refractivity (Wildman–Crippen MR) is 202 cm³/mol. The largest absolute Gasteiger partial charge is 0.493 e. The quantitative estimate of drug-likeness (QED) is 0.112. The minimum absolute atomic E-state index is 0.102. The zero-order chi connectivity index (χ0) is 37.5. The molecule has 11 heteroatoms. The van der Waals surface area contributed by atoms with Gasteiger partial charge in [0.1, 0.15) is 0 Å². The molecule has 0 saturated carbocycles. The van der Waals surface area contributed by atoms with Crippen LogP contribution in [0.2, 0.25) is 0 Å². The zero-order valence-corrected chi connectivity index (χ0v) is 30.9. The molecule has 0 N–H and O–H groups in total. The van der Waals surface area contributed by atoms with Crippen molar-refractivity contribution in [2.45, 2.75) is 32.0 Å². The van der Waals surface area contributed by atoms with Crippen LogP contribution in [0.3, 0.4) is 0 Å². The number of ether oxygens (including phenoxy) is 6. The lowest BCUT2D eigenvalue weighted by Gasteiger charge is -2.40. The van der Waals surface area contributed by atoms with Crippen molar-refractivity contribution >= 4 is 5.69 Å². The number of piperidine rings is 1. The van der Waals surface area contributed by atoms with Crippen LogP contribution in [0.5, 0.6) is 34.5 Å². The second-order valence-electron chi connectivity index (χ2n) is 12.8. The summed E-state index contributed by atoms with van der Waals surface area (Å²) in [6.07, 6.45) is 5.39. The van der Waals surface area contributed by atoms with Crippen LogP contribution in [0.1, 0.15) is 24.0 Å². The van der Waals surface area contributed by atoms with Crippen LogP contribution in [0.4, 0.5) is 14.5 Å². The van der Waals surface area contributed by atoms with Gasteiger partial charge in [0.2, 0.25) is 11.5 Å². The summed E-state index contributed by atoms with van der Waals surface area (Å²) in [5.41, 5.74) is 6.46. The summed E-state index contributed by atoms with van der Waals surface area (Å²) in [7, 11) is 9.54. The van der Waals surface area contributed by atoms with E-state index in [9.17, 15) is 8.78 Å². The molecule has 0 amide bonds. The molecule has 0 radical (unpaired) electrons. The number of hydrogen-bond acceptors (Lipinski definition) is 9. The fourth-order valence-electron chi connectivity index (χ4n) is 7.02. The van der Waals surface area contributed by atoms with Crippen LogP contribution in [0.15, 0.2) is 85.2 Å². The van der Waals surface area contributed by atoms with Gasteiger partial charge >= 0.3 is 0 Å². The third kappa shape index (κ3) is 8.25. The Labute approximate surface area is 309 Å². The molecule has 1 aromatic heterocycles. The van der Waals surface area contributed by atoms with E-state index in [1.165, 1.54) is 12.1 Å². The highest BCUT2D eigenvalue weighted by Crippen LogP contribution is 2.43. The molecule has 0 aliphatic carbocycles. The normalized spacial score (nSPS) is 13.4. The van der Waals surface area contributed by atoms with Crippen LogP contribution in [0, 0.1) is 11.6 Å². The van der Waals surface area contributed by atoms with Crippen LogP contribution >= 0.6 is 0 Å². The van der Waals surface area contributed by atoms with E-state index in [-0.39, 0.29) is 6.04 Å². The fourth-order valence-corrected chi connectivity index (χ4v) is 7.02. The topological polar surface area (TPSA) is 74.8 Å². The zero-order valence-electron chi connectivity index (χ0n) is 30.9. The van der Waals surface area contributed by atoms with Crippen molar-refractivity contribution in [3.8, 4) is 56.8 Å². The first-order chi connectivity index (χ1) is 25.8. The van der Waals surface area contributed by atoms with Gasteiger partial charge < -0.3 is 33.3 Å². The van der Waals surface area contributed by atoms with E-state index in [4.69, 9.17) is 28.4 Å². The molecule has 5 aromatic rings. The van der Waals surface area contributed by atoms with Crippen molar-refractivity contribution in [1.82, 2.24) is 9.88 Å². The Kier molecular flexibility index (Phi) is 11.8. The molecule has 0 atom stereocenters. The second kappa shape index (κ2) is 16.9. The first-order valence-electron chi connectivity index (χ1n) is 17.4. The smallest absolute Gasteiger partial charge is 0.203 e. The average molecular weight is 726 g/mol.